The van der Waals surface area contributed by atoms with E-state index in [1.54, 1.807) is 0 Å². The topological polar surface area (TPSA) is 23.6 Å². The zero-order valence-electron chi connectivity index (χ0n) is 18.9. The van der Waals surface area contributed by atoms with Gasteiger partial charge < -0.3 is 9.80 Å². The standard InChI is InChI=1S/C27H36N2O/c1-27(2)17-14-24-20-23(22-15-18-28(3)19-16-22)12-13-25(24)29(27)26(30)11-7-10-21-8-5-4-6-9-21/h4-6,8-9,12-13,20,22H,7,10-11,14-19H2,1-3H3. The summed E-state index contributed by atoms with van der Waals surface area (Å²) in [6.07, 6.45) is 7.04. The first kappa shape index (κ1) is 21.1. The van der Waals surface area contributed by atoms with Crippen molar-refractivity contribution in [3.63, 3.8) is 0 Å². The normalized spacial score (nSPS) is 19.5. The summed E-state index contributed by atoms with van der Waals surface area (Å²) in [5.41, 5.74) is 5.17. The minimum Gasteiger partial charge on any atom is -0.307 e. The molecule has 160 valence electrons. The Bertz CT molecular complexity index is 866. The van der Waals surface area contributed by atoms with E-state index in [0.29, 0.717) is 12.3 Å². The van der Waals surface area contributed by atoms with Crippen molar-refractivity contribution in [2.45, 2.75) is 70.3 Å². The Morgan fingerprint density at radius 2 is 1.80 bits per heavy atom. The summed E-state index contributed by atoms with van der Waals surface area (Å²) in [5, 5.41) is 0. The molecular weight excluding hydrogens is 368 g/mol. The number of aryl methyl sites for hydroxylation is 2. The molecule has 0 bridgehead atoms. The lowest BCUT2D eigenvalue weighted by molar-refractivity contribution is -0.119. The third-order valence-electron chi connectivity index (χ3n) is 7.09. The highest BCUT2D eigenvalue weighted by atomic mass is 16.2. The Kier molecular flexibility index (Phi) is 6.29. The number of hydrogen-bond donors (Lipinski definition) is 0. The first-order valence-corrected chi connectivity index (χ1v) is 11.6. The van der Waals surface area contributed by atoms with Crippen molar-refractivity contribution in [1.82, 2.24) is 4.90 Å². The summed E-state index contributed by atoms with van der Waals surface area (Å²) in [5.74, 6) is 0.931. The molecule has 0 unspecified atom stereocenters. The number of piperidine rings is 1. The average Bonchev–Trinajstić information content (AvgIpc) is 2.74. The lowest BCUT2D eigenvalue weighted by Gasteiger charge is -2.44. The van der Waals surface area contributed by atoms with Gasteiger partial charge in [0.05, 0.1) is 0 Å². The van der Waals surface area contributed by atoms with Crippen molar-refractivity contribution in [2.24, 2.45) is 0 Å². The third kappa shape index (κ3) is 4.62. The number of carbonyl (C=O) groups excluding carboxylic acids is 1. The molecule has 2 aliphatic heterocycles. The smallest absolute Gasteiger partial charge is 0.227 e. The van der Waals surface area contributed by atoms with Gasteiger partial charge in [-0.05, 0) is 101 Å². The van der Waals surface area contributed by atoms with E-state index in [0.717, 1.165) is 31.4 Å². The number of nitrogens with zero attached hydrogens (tertiary/aromatic N) is 2. The molecule has 3 heteroatoms. The predicted molar refractivity (Wildman–Crippen MR) is 125 cm³/mol. The van der Waals surface area contributed by atoms with Gasteiger partial charge in [-0.15, -0.1) is 0 Å². The average molecular weight is 405 g/mol. The largest absolute Gasteiger partial charge is 0.307 e. The third-order valence-corrected chi connectivity index (χ3v) is 7.09. The van der Waals surface area contributed by atoms with Gasteiger partial charge in [-0.3, -0.25) is 4.79 Å². The van der Waals surface area contributed by atoms with Crippen LogP contribution in [0.3, 0.4) is 0 Å². The van der Waals surface area contributed by atoms with Crippen LogP contribution in [0.5, 0.6) is 0 Å². The van der Waals surface area contributed by atoms with Gasteiger partial charge in [-0.25, -0.2) is 0 Å². The highest BCUT2D eigenvalue weighted by Gasteiger charge is 2.36. The van der Waals surface area contributed by atoms with Crippen LogP contribution >= 0.6 is 0 Å². The molecule has 0 aliphatic carbocycles. The Morgan fingerprint density at radius 1 is 1.07 bits per heavy atom. The van der Waals surface area contributed by atoms with Gasteiger partial charge in [0.1, 0.15) is 0 Å². The van der Waals surface area contributed by atoms with Crippen molar-refractivity contribution >= 4 is 11.6 Å². The molecule has 3 nitrogen and oxygen atoms in total. The lowest BCUT2D eigenvalue weighted by atomic mass is 9.83. The second kappa shape index (κ2) is 8.93. The Hall–Kier alpha value is -2.13. The van der Waals surface area contributed by atoms with E-state index in [1.165, 1.54) is 42.6 Å². The molecule has 30 heavy (non-hydrogen) atoms. The molecule has 2 aliphatic rings. The van der Waals surface area contributed by atoms with Crippen LogP contribution in [-0.2, 0) is 17.6 Å². The molecule has 0 aromatic heterocycles. The summed E-state index contributed by atoms with van der Waals surface area (Å²) in [7, 11) is 2.21. The van der Waals surface area contributed by atoms with Crippen LogP contribution in [0.15, 0.2) is 48.5 Å². The van der Waals surface area contributed by atoms with Crippen LogP contribution in [-0.4, -0.2) is 36.5 Å². The van der Waals surface area contributed by atoms with Crippen molar-refractivity contribution in [3.05, 3.63) is 65.2 Å². The summed E-state index contributed by atoms with van der Waals surface area (Å²) >= 11 is 0. The molecule has 0 saturated carbocycles. The van der Waals surface area contributed by atoms with Crippen molar-refractivity contribution in [2.75, 3.05) is 25.0 Å². The lowest BCUT2D eigenvalue weighted by Crippen LogP contribution is -2.51. The zero-order valence-corrected chi connectivity index (χ0v) is 18.9. The van der Waals surface area contributed by atoms with Crippen LogP contribution in [0, 0.1) is 0 Å². The van der Waals surface area contributed by atoms with Crippen molar-refractivity contribution in [3.8, 4) is 0 Å². The molecule has 2 aromatic rings. The monoisotopic (exact) mass is 404 g/mol. The van der Waals surface area contributed by atoms with E-state index < -0.39 is 0 Å². The Morgan fingerprint density at radius 3 is 2.53 bits per heavy atom. The van der Waals surface area contributed by atoms with Crippen molar-refractivity contribution < 1.29 is 4.79 Å². The van der Waals surface area contributed by atoms with Crippen LogP contribution in [0.2, 0.25) is 0 Å². The minimum atomic E-state index is -0.119. The Balaban J connectivity index is 1.48. The number of rotatable bonds is 5. The SMILES string of the molecule is CN1CCC(c2ccc3c(c2)CCC(C)(C)N3C(=O)CCCc2ccccc2)CC1. The molecule has 2 heterocycles. The quantitative estimate of drug-likeness (QED) is 0.650. The fraction of sp³-hybridized carbons (Fsp3) is 0.519. The number of anilines is 1. The molecule has 0 atom stereocenters. The van der Waals surface area contributed by atoms with Gasteiger partial charge in [0.2, 0.25) is 5.91 Å². The van der Waals surface area contributed by atoms with E-state index in [9.17, 15) is 4.79 Å². The Labute approximate surface area is 182 Å². The molecule has 4 rings (SSSR count). The van der Waals surface area contributed by atoms with E-state index in [-0.39, 0.29) is 11.4 Å². The van der Waals surface area contributed by atoms with Gasteiger partial charge in [-0.1, -0.05) is 42.5 Å². The van der Waals surface area contributed by atoms with Gasteiger partial charge in [0.25, 0.3) is 0 Å². The maximum Gasteiger partial charge on any atom is 0.227 e. The molecule has 1 fully saturated rings. The van der Waals surface area contributed by atoms with Crippen LogP contribution < -0.4 is 4.90 Å². The highest BCUT2D eigenvalue weighted by Crippen LogP contribution is 2.40. The van der Waals surface area contributed by atoms with Crippen LogP contribution in [0.4, 0.5) is 5.69 Å². The van der Waals surface area contributed by atoms with Crippen molar-refractivity contribution in [1.29, 1.82) is 0 Å². The van der Waals surface area contributed by atoms with Gasteiger partial charge in [0.15, 0.2) is 0 Å². The van der Waals surface area contributed by atoms with Crippen LogP contribution in [0.25, 0.3) is 0 Å². The summed E-state index contributed by atoms with van der Waals surface area (Å²) in [4.78, 5) is 17.8. The summed E-state index contributed by atoms with van der Waals surface area (Å²) in [6.45, 7) is 6.80. The minimum absolute atomic E-state index is 0.119. The van der Waals surface area contributed by atoms with Gasteiger partial charge in [0, 0.05) is 17.6 Å². The molecule has 1 saturated heterocycles. The number of likely N-dealkylation sites (tertiary alicyclic amines) is 1. The zero-order chi connectivity index (χ0) is 21.1. The molecule has 0 spiro atoms. The summed E-state index contributed by atoms with van der Waals surface area (Å²) in [6, 6.07) is 17.4. The molecule has 1 amide bonds. The second-order valence-electron chi connectivity index (χ2n) is 9.85. The number of fused-ring (bicyclic) bond motifs is 1. The number of benzene rings is 2. The molecule has 2 aromatic carbocycles. The fourth-order valence-electron chi connectivity index (χ4n) is 5.17. The maximum absolute atomic E-state index is 13.3. The second-order valence-corrected chi connectivity index (χ2v) is 9.85. The van der Waals surface area contributed by atoms with E-state index in [2.05, 4.69) is 73.2 Å². The van der Waals surface area contributed by atoms with E-state index in [4.69, 9.17) is 0 Å². The van der Waals surface area contributed by atoms with Gasteiger partial charge >= 0.3 is 0 Å². The van der Waals surface area contributed by atoms with Gasteiger partial charge in [-0.2, -0.15) is 0 Å². The molecular formula is C27H36N2O. The summed E-state index contributed by atoms with van der Waals surface area (Å²) < 4.78 is 0. The predicted octanol–water partition coefficient (Wildman–Crippen LogP) is 5.58. The first-order valence-electron chi connectivity index (χ1n) is 11.6. The van der Waals surface area contributed by atoms with E-state index in [1.807, 2.05) is 6.07 Å². The number of hydrogen-bond acceptors (Lipinski definition) is 2. The number of carbonyl (C=O) groups is 1. The molecule has 0 radical (unpaired) electrons. The fourth-order valence-corrected chi connectivity index (χ4v) is 5.17. The maximum atomic E-state index is 13.3. The highest BCUT2D eigenvalue weighted by molar-refractivity contribution is 5.96. The first-order chi connectivity index (χ1) is 14.4. The number of amides is 1. The molecule has 0 N–H and O–H groups in total. The van der Waals surface area contributed by atoms with Crippen LogP contribution in [0.1, 0.15) is 68.6 Å². The van der Waals surface area contributed by atoms with E-state index >= 15 is 0 Å².